The van der Waals surface area contributed by atoms with Crippen molar-refractivity contribution in [3.05, 3.63) is 23.8 Å². The van der Waals surface area contributed by atoms with Crippen LogP contribution in [0, 0.1) is 0 Å². The minimum atomic E-state index is 0.245. The van der Waals surface area contributed by atoms with Crippen LogP contribution < -0.4 is 20.2 Å². The molecule has 23 heavy (non-hydrogen) atoms. The molecule has 6 nitrogen and oxygen atoms in total. The van der Waals surface area contributed by atoms with E-state index in [4.69, 9.17) is 26.4 Å². The van der Waals surface area contributed by atoms with E-state index in [2.05, 4.69) is 15.8 Å². The average Bonchev–Trinajstić information content (AvgIpc) is 3.08. The summed E-state index contributed by atoms with van der Waals surface area (Å²) in [6.07, 6.45) is 4.11. The van der Waals surface area contributed by atoms with Crippen LogP contribution in [0.4, 0.5) is 0 Å². The third-order valence-electron chi connectivity index (χ3n) is 3.38. The third-order valence-corrected chi connectivity index (χ3v) is 3.62. The van der Waals surface area contributed by atoms with Crippen LogP contribution in [-0.4, -0.2) is 44.3 Å². The van der Waals surface area contributed by atoms with E-state index in [1.165, 1.54) is 0 Å². The first-order valence-electron chi connectivity index (χ1n) is 7.72. The van der Waals surface area contributed by atoms with E-state index in [1.54, 1.807) is 13.3 Å². The van der Waals surface area contributed by atoms with E-state index >= 15 is 0 Å². The van der Waals surface area contributed by atoms with Crippen LogP contribution in [-0.2, 0) is 4.74 Å². The van der Waals surface area contributed by atoms with Crippen molar-refractivity contribution < 1.29 is 14.2 Å². The highest BCUT2D eigenvalue weighted by molar-refractivity contribution is 7.80. The van der Waals surface area contributed by atoms with Gasteiger partial charge in [0.25, 0.3) is 0 Å². The summed E-state index contributed by atoms with van der Waals surface area (Å²) in [4.78, 5) is 0. The molecule has 1 heterocycles. The van der Waals surface area contributed by atoms with E-state index in [0.29, 0.717) is 29.8 Å². The largest absolute Gasteiger partial charge is 0.493 e. The molecule has 1 fully saturated rings. The van der Waals surface area contributed by atoms with Crippen molar-refractivity contribution >= 4 is 23.5 Å². The smallest absolute Gasteiger partial charge is 0.187 e. The predicted molar refractivity (Wildman–Crippen MR) is 94.5 cm³/mol. The van der Waals surface area contributed by atoms with Crippen LogP contribution in [0.5, 0.6) is 11.5 Å². The van der Waals surface area contributed by atoms with E-state index in [1.807, 2.05) is 25.1 Å². The summed E-state index contributed by atoms with van der Waals surface area (Å²) in [5.74, 6) is 1.39. The summed E-state index contributed by atoms with van der Waals surface area (Å²) in [6, 6.07) is 5.62. The van der Waals surface area contributed by atoms with Crippen LogP contribution in [0.2, 0.25) is 0 Å². The monoisotopic (exact) mass is 337 g/mol. The zero-order valence-electron chi connectivity index (χ0n) is 13.5. The molecule has 1 unspecified atom stereocenters. The first kappa shape index (κ1) is 17.5. The summed E-state index contributed by atoms with van der Waals surface area (Å²) >= 11 is 5.17. The van der Waals surface area contributed by atoms with Crippen LogP contribution in [0.25, 0.3) is 0 Å². The van der Waals surface area contributed by atoms with Gasteiger partial charge in [0.15, 0.2) is 16.6 Å². The fraction of sp³-hybridized carbons (Fsp3) is 0.500. The highest BCUT2D eigenvalue weighted by Crippen LogP contribution is 2.27. The molecule has 1 aromatic rings. The SMILES string of the molecule is CCOc1ccc(C=NNC(=S)NCC2CCCO2)cc1OC. The zero-order chi connectivity index (χ0) is 16.5. The van der Waals surface area contributed by atoms with Crippen molar-refractivity contribution in [1.29, 1.82) is 0 Å². The maximum Gasteiger partial charge on any atom is 0.187 e. The Hall–Kier alpha value is -1.86. The number of methoxy groups -OCH3 is 1. The number of ether oxygens (including phenoxy) is 3. The highest BCUT2D eigenvalue weighted by atomic mass is 32.1. The Morgan fingerprint density at radius 3 is 3.04 bits per heavy atom. The molecule has 0 bridgehead atoms. The predicted octanol–water partition coefficient (Wildman–Crippen LogP) is 2.07. The van der Waals surface area contributed by atoms with Crippen molar-refractivity contribution in [2.45, 2.75) is 25.9 Å². The minimum Gasteiger partial charge on any atom is -0.493 e. The molecule has 1 atom stereocenters. The van der Waals surface area contributed by atoms with Crippen molar-refractivity contribution in [2.75, 3.05) is 26.9 Å². The molecule has 1 aliphatic heterocycles. The van der Waals surface area contributed by atoms with Gasteiger partial charge in [-0.25, -0.2) is 0 Å². The van der Waals surface area contributed by atoms with Gasteiger partial charge in [-0.1, -0.05) is 0 Å². The van der Waals surface area contributed by atoms with E-state index in [0.717, 1.165) is 25.0 Å². The number of nitrogens with zero attached hydrogens (tertiary/aromatic N) is 1. The van der Waals surface area contributed by atoms with Gasteiger partial charge in [0.2, 0.25) is 0 Å². The van der Waals surface area contributed by atoms with Crippen LogP contribution in [0.1, 0.15) is 25.3 Å². The fourth-order valence-corrected chi connectivity index (χ4v) is 2.39. The van der Waals surface area contributed by atoms with Gasteiger partial charge in [0.05, 0.1) is 26.0 Å². The van der Waals surface area contributed by atoms with Crippen LogP contribution >= 0.6 is 12.2 Å². The van der Waals surface area contributed by atoms with Crippen molar-refractivity contribution in [2.24, 2.45) is 5.10 Å². The number of thiocarbonyl (C=S) groups is 1. The molecule has 1 saturated heterocycles. The van der Waals surface area contributed by atoms with Gasteiger partial charge in [0.1, 0.15) is 0 Å². The minimum absolute atomic E-state index is 0.245. The first-order chi connectivity index (χ1) is 11.2. The Labute approximate surface area is 142 Å². The van der Waals surface area contributed by atoms with E-state index in [9.17, 15) is 0 Å². The molecule has 0 spiro atoms. The molecule has 0 aliphatic carbocycles. The lowest BCUT2D eigenvalue weighted by Gasteiger charge is -2.12. The maximum atomic E-state index is 5.52. The molecule has 2 N–H and O–H groups in total. The number of hydrogen-bond acceptors (Lipinski definition) is 5. The lowest BCUT2D eigenvalue weighted by Crippen LogP contribution is -2.37. The Bertz CT molecular complexity index is 545. The number of benzene rings is 1. The molecule has 7 heteroatoms. The Morgan fingerprint density at radius 1 is 1.48 bits per heavy atom. The summed E-state index contributed by atoms with van der Waals surface area (Å²) in [5.41, 5.74) is 3.68. The van der Waals surface area contributed by atoms with Gasteiger partial charge >= 0.3 is 0 Å². The van der Waals surface area contributed by atoms with Crippen molar-refractivity contribution in [1.82, 2.24) is 10.7 Å². The van der Waals surface area contributed by atoms with E-state index in [-0.39, 0.29) is 6.10 Å². The normalized spacial score (nSPS) is 17.2. The van der Waals surface area contributed by atoms with Crippen LogP contribution in [0.3, 0.4) is 0 Å². The molecular formula is C16H23N3O3S. The molecule has 0 amide bonds. The number of hydrogen-bond donors (Lipinski definition) is 2. The van der Waals surface area contributed by atoms with Crippen molar-refractivity contribution in [3.63, 3.8) is 0 Å². The molecule has 0 radical (unpaired) electrons. The fourth-order valence-electron chi connectivity index (χ4n) is 2.26. The van der Waals surface area contributed by atoms with Gasteiger partial charge < -0.3 is 19.5 Å². The Kier molecular flexibility index (Phi) is 7.09. The van der Waals surface area contributed by atoms with Gasteiger partial charge in [-0.15, -0.1) is 0 Å². The lowest BCUT2D eigenvalue weighted by molar-refractivity contribution is 0.114. The summed E-state index contributed by atoms with van der Waals surface area (Å²) in [6.45, 7) is 4.07. The number of hydrazone groups is 1. The maximum absolute atomic E-state index is 5.52. The van der Waals surface area contributed by atoms with Gasteiger partial charge in [-0.05, 0) is 55.7 Å². The second-order valence-corrected chi connectivity index (χ2v) is 5.47. The van der Waals surface area contributed by atoms with Crippen LogP contribution in [0.15, 0.2) is 23.3 Å². The van der Waals surface area contributed by atoms with E-state index < -0.39 is 0 Å². The molecule has 2 rings (SSSR count). The topological polar surface area (TPSA) is 64.1 Å². The van der Waals surface area contributed by atoms with Gasteiger partial charge in [0, 0.05) is 13.2 Å². The van der Waals surface area contributed by atoms with Crippen molar-refractivity contribution in [3.8, 4) is 11.5 Å². The molecule has 0 aromatic heterocycles. The molecule has 126 valence electrons. The van der Waals surface area contributed by atoms with Gasteiger partial charge in [-0.3, -0.25) is 5.43 Å². The molecule has 1 aliphatic rings. The zero-order valence-corrected chi connectivity index (χ0v) is 14.3. The second-order valence-electron chi connectivity index (χ2n) is 5.06. The molecule has 0 saturated carbocycles. The molecular weight excluding hydrogens is 314 g/mol. The average molecular weight is 337 g/mol. The lowest BCUT2D eigenvalue weighted by atomic mass is 10.2. The second kappa shape index (κ2) is 9.32. The third kappa shape index (κ3) is 5.69. The summed E-state index contributed by atoms with van der Waals surface area (Å²) < 4.78 is 16.3. The quantitative estimate of drug-likeness (QED) is 0.451. The molecule has 1 aromatic carbocycles. The number of nitrogens with one attached hydrogen (secondary N) is 2. The number of rotatable bonds is 7. The Morgan fingerprint density at radius 2 is 2.35 bits per heavy atom. The van der Waals surface area contributed by atoms with Gasteiger partial charge in [-0.2, -0.15) is 5.10 Å². The summed E-state index contributed by atoms with van der Waals surface area (Å²) in [5, 5.41) is 7.70. The standard InChI is InChI=1S/C16H23N3O3S/c1-3-21-14-7-6-12(9-15(14)20-2)10-18-19-16(23)17-11-13-5-4-8-22-13/h6-7,9-10,13H,3-5,8,11H2,1-2H3,(H2,17,19,23). The summed E-state index contributed by atoms with van der Waals surface area (Å²) in [7, 11) is 1.61. The first-order valence-corrected chi connectivity index (χ1v) is 8.13. The Balaban J connectivity index is 1.81. The highest BCUT2D eigenvalue weighted by Gasteiger charge is 2.14.